The van der Waals surface area contributed by atoms with Gasteiger partial charge in [-0.3, -0.25) is 24.0 Å². The smallest absolute Gasteiger partial charge is 0.326 e. The molecule has 40 heavy (non-hydrogen) atoms. The van der Waals surface area contributed by atoms with E-state index in [0.717, 1.165) is 0 Å². The Morgan fingerprint density at radius 2 is 1.43 bits per heavy atom. The predicted octanol–water partition coefficient (Wildman–Crippen LogP) is -0.0244. The Kier molecular flexibility index (Phi) is 16.7. The summed E-state index contributed by atoms with van der Waals surface area (Å²) >= 11 is 0. The first-order valence-corrected chi connectivity index (χ1v) is 13.9. The van der Waals surface area contributed by atoms with E-state index in [1.165, 1.54) is 18.9 Å². The summed E-state index contributed by atoms with van der Waals surface area (Å²) < 4.78 is 0. The highest BCUT2D eigenvalue weighted by molar-refractivity contribution is 5.94. The van der Waals surface area contributed by atoms with Crippen LogP contribution in [0.1, 0.15) is 74.1 Å². The summed E-state index contributed by atoms with van der Waals surface area (Å²) in [6, 6.07) is -3.73. The van der Waals surface area contributed by atoms with Crippen LogP contribution in [0.15, 0.2) is 0 Å². The van der Waals surface area contributed by atoms with Crippen molar-refractivity contribution in [2.24, 2.45) is 23.5 Å². The van der Waals surface area contributed by atoms with Gasteiger partial charge in [0.25, 0.3) is 0 Å². The Morgan fingerprint density at radius 1 is 0.850 bits per heavy atom. The van der Waals surface area contributed by atoms with Crippen molar-refractivity contribution in [1.29, 1.82) is 0 Å². The zero-order valence-electron chi connectivity index (χ0n) is 25.2. The fraction of sp³-hybridized carbons (Fsp3) is 0.778. The summed E-state index contributed by atoms with van der Waals surface area (Å²) in [7, 11) is 1.49. The highest BCUT2D eigenvalue weighted by atomic mass is 16.4. The van der Waals surface area contributed by atoms with Crippen molar-refractivity contribution in [3.8, 4) is 0 Å². The summed E-state index contributed by atoms with van der Waals surface area (Å²) in [6.07, 6.45) is 0.843. The second-order valence-electron chi connectivity index (χ2n) is 11.0. The van der Waals surface area contributed by atoms with Crippen molar-refractivity contribution in [3.63, 3.8) is 0 Å². The number of carbonyl (C=O) groups is 6. The molecule has 0 aliphatic heterocycles. The van der Waals surface area contributed by atoms with Gasteiger partial charge in [0.2, 0.25) is 29.5 Å². The summed E-state index contributed by atoms with van der Waals surface area (Å²) in [5.74, 6) is -3.92. The van der Waals surface area contributed by atoms with Gasteiger partial charge in [0.05, 0.1) is 0 Å². The number of nitrogens with one attached hydrogen (secondary N) is 4. The van der Waals surface area contributed by atoms with Crippen LogP contribution in [-0.4, -0.2) is 89.8 Å². The maximum absolute atomic E-state index is 13.4. The van der Waals surface area contributed by atoms with Crippen LogP contribution in [0.2, 0.25) is 0 Å². The number of likely N-dealkylation sites (N-methyl/N-ethyl adjacent to an activating group) is 1. The van der Waals surface area contributed by atoms with Crippen LogP contribution >= 0.6 is 0 Å². The Balaban J connectivity index is 5.20. The van der Waals surface area contributed by atoms with Crippen molar-refractivity contribution >= 4 is 35.5 Å². The lowest BCUT2D eigenvalue weighted by Crippen LogP contribution is -2.59. The fourth-order valence-corrected chi connectivity index (χ4v) is 4.12. The molecule has 7 N–H and O–H groups in total. The van der Waals surface area contributed by atoms with Crippen LogP contribution in [0.4, 0.5) is 0 Å². The van der Waals surface area contributed by atoms with E-state index in [9.17, 15) is 33.9 Å². The number of rotatable bonds is 18. The molecule has 0 spiro atoms. The lowest BCUT2D eigenvalue weighted by Gasteiger charge is -2.35. The average molecular weight is 571 g/mol. The maximum Gasteiger partial charge on any atom is 0.326 e. The van der Waals surface area contributed by atoms with E-state index in [2.05, 4.69) is 21.3 Å². The first-order chi connectivity index (χ1) is 18.6. The van der Waals surface area contributed by atoms with Gasteiger partial charge in [-0.1, -0.05) is 48.0 Å². The summed E-state index contributed by atoms with van der Waals surface area (Å²) in [6.45, 7) is 12.5. The minimum absolute atomic E-state index is 0.0516. The fourth-order valence-electron chi connectivity index (χ4n) is 4.12. The zero-order chi connectivity index (χ0) is 31.2. The van der Waals surface area contributed by atoms with Gasteiger partial charge >= 0.3 is 5.97 Å². The molecule has 0 saturated carbocycles. The topological polar surface area (TPSA) is 200 Å². The molecular weight excluding hydrogens is 520 g/mol. The molecule has 0 aliphatic rings. The normalized spacial score (nSPS) is 14.9. The van der Waals surface area contributed by atoms with Gasteiger partial charge in [-0.05, 0) is 31.1 Å². The van der Waals surface area contributed by atoms with Crippen molar-refractivity contribution in [2.45, 2.75) is 98.3 Å². The van der Waals surface area contributed by atoms with Crippen LogP contribution in [0, 0.1) is 17.8 Å². The van der Waals surface area contributed by atoms with Crippen LogP contribution in [0.25, 0.3) is 0 Å². The monoisotopic (exact) mass is 570 g/mol. The highest BCUT2D eigenvalue weighted by Crippen LogP contribution is 2.16. The molecule has 230 valence electrons. The largest absolute Gasteiger partial charge is 0.480 e. The van der Waals surface area contributed by atoms with E-state index in [-0.39, 0.29) is 56.0 Å². The number of carboxylic acid groups (broad SMARTS) is 1. The first-order valence-electron chi connectivity index (χ1n) is 13.9. The average Bonchev–Trinajstić information content (AvgIpc) is 2.85. The number of hydrogen-bond acceptors (Lipinski definition) is 7. The maximum atomic E-state index is 13.4. The third-order valence-corrected chi connectivity index (χ3v) is 6.58. The van der Waals surface area contributed by atoms with E-state index in [0.29, 0.717) is 6.42 Å². The predicted molar refractivity (Wildman–Crippen MR) is 151 cm³/mol. The van der Waals surface area contributed by atoms with Gasteiger partial charge in [0.15, 0.2) is 0 Å². The molecule has 0 saturated heterocycles. The molecule has 5 atom stereocenters. The number of carbonyl (C=O) groups excluding carboxylic acids is 5. The Hall–Kier alpha value is -3.22. The van der Waals surface area contributed by atoms with E-state index in [4.69, 9.17) is 5.73 Å². The molecule has 5 amide bonds. The standard InChI is InChI=1S/C27H50N6O7/c1-9-17(6)22(32-20(34)10-12-28)26(38)33(8)23(16(4)5)25(37)30-18(7)24(36)29-13-11-21(35)31-19(27(39)40)14-15(2)3/h15-19,22-23H,9-14,28H2,1-8H3,(H,29,36)(H,30,37)(H,31,35)(H,32,34)(H,39,40)/t17-,18-,19+,22+,23-/m0/s1. The number of aliphatic carboxylic acids is 1. The van der Waals surface area contributed by atoms with E-state index in [1.54, 1.807) is 13.8 Å². The number of carboxylic acids is 1. The van der Waals surface area contributed by atoms with Crippen molar-refractivity contribution < 1.29 is 33.9 Å². The first kappa shape index (κ1) is 36.8. The van der Waals surface area contributed by atoms with E-state index < -0.39 is 53.8 Å². The molecule has 0 aliphatic carbocycles. The molecule has 0 aromatic heterocycles. The van der Waals surface area contributed by atoms with Crippen molar-refractivity contribution in [3.05, 3.63) is 0 Å². The summed E-state index contributed by atoms with van der Waals surface area (Å²) in [5, 5.41) is 19.6. The van der Waals surface area contributed by atoms with Gasteiger partial charge in [-0.25, -0.2) is 4.79 Å². The van der Waals surface area contributed by atoms with Gasteiger partial charge in [-0.2, -0.15) is 0 Å². The van der Waals surface area contributed by atoms with Crippen molar-refractivity contribution in [2.75, 3.05) is 20.1 Å². The number of amides is 5. The molecule has 0 aromatic carbocycles. The molecule has 0 heterocycles. The molecular formula is C27H50N6O7. The second-order valence-corrected chi connectivity index (χ2v) is 11.0. The Morgan fingerprint density at radius 3 is 1.90 bits per heavy atom. The summed E-state index contributed by atoms with van der Waals surface area (Å²) in [5.41, 5.74) is 5.46. The van der Waals surface area contributed by atoms with E-state index >= 15 is 0 Å². The van der Waals surface area contributed by atoms with Crippen molar-refractivity contribution in [1.82, 2.24) is 26.2 Å². The highest BCUT2D eigenvalue weighted by Gasteiger charge is 2.36. The minimum Gasteiger partial charge on any atom is -0.480 e. The van der Waals surface area contributed by atoms with Gasteiger partial charge in [0, 0.05) is 33.0 Å². The van der Waals surface area contributed by atoms with Crippen LogP contribution in [0.3, 0.4) is 0 Å². The third-order valence-electron chi connectivity index (χ3n) is 6.58. The molecule has 0 unspecified atom stereocenters. The van der Waals surface area contributed by atoms with E-state index in [1.807, 2.05) is 27.7 Å². The molecule has 0 bridgehead atoms. The lowest BCUT2D eigenvalue weighted by atomic mass is 9.95. The zero-order valence-corrected chi connectivity index (χ0v) is 25.2. The van der Waals surface area contributed by atoms with Gasteiger partial charge in [-0.15, -0.1) is 0 Å². The Bertz CT molecular complexity index is 879. The second kappa shape index (κ2) is 18.2. The van der Waals surface area contributed by atoms with Gasteiger partial charge < -0.3 is 37.0 Å². The molecule has 0 rings (SSSR count). The number of nitrogens with zero attached hydrogens (tertiary/aromatic N) is 1. The summed E-state index contributed by atoms with van der Waals surface area (Å²) in [4.78, 5) is 76.1. The third kappa shape index (κ3) is 12.8. The van der Waals surface area contributed by atoms with Crippen LogP contribution in [0.5, 0.6) is 0 Å². The number of hydrogen-bond donors (Lipinski definition) is 6. The molecule has 0 fully saturated rings. The molecule has 13 heteroatoms. The SMILES string of the molecule is CC[C@H](C)[C@@H](NC(=O)CCN)C(=O)N(C)[C@H](C(=O)N[C@@H](C)C(=O)NCCC(=O)N[C@H](CC(C)C)C(=O)O)C(C)C. The molecule has 0 aromatic rings. The van der Waals surface area contributed by atoms with Gasteiger partial charge in [0.1, 0.15) is 24.2 Å². The minimum atomic E-state index is -1.13. The number of nitrogens with two attached hydrogens (primary N) is 1. The quantitative estimate of drug-likeness (QED) is 0.132. The van der Waals surface area contributed by atoms with Crippen LogP contribution < -0.4 is 27.0 Å². The van der Waals surface area contributed by atoms with Crippen LogP contribution in [-0.2, 0) is 28.8 Å². The molecule has 13 nitrogen and oxygen atoms in total. The molecule has 0 radical (unpaired) electrons. The lowest BCUT2D eigenvalue weighted by molar-refractivity contribution is -0.145. The Labute approximate surface area is 237 Å².